The van der Waals surface area contributed by atoms with Crippen molar-refractivity contribution < 1.29 is 9.53 Å². The molecule has 1 amide bonds. The van der Waals surface area contributed by atoms with Crippen molar-refractivity contribution in [2.75, 3.05) is 13.1 Å². The fraction of sp³-hybridized carbons (Fsp3) is 0.526. The van der Waals surface area contributed by atoms with Crippen LogP contribution in [0.5, 0.6) is 0 Å². The molecule has 3 atom stereocenters. The van der Waals surface area contributed by atoms with E-state index in [1.165, 1.54) is 5.56 Å². The van der Waals surface area contributed by atoms with Gasteiger partial charge in [-0.1, -0.05) is 6.07 Å². The maximum Gasteiger partial charge on any atom is 0.249 e. The zero-order valence-electron chi connectivity index (χ0n) is 15.0. The van der Waals surface area contributed by atoms with Crippen LogP contribution in [0.25, 0.3) is 0 Å². The van der Waals surface area contributed by atoms with Crippen LogP contribution < -0.4 is 5.32 Å². The second-order valence-corrected chi connectivity index (χ2v) is 7.28. The van der Waals surface area contributed by atoms with Gasteiger partial charge >= 0.3 is 0 Å². The number of aromatic nitrogens is 3. The van der Waals surface area contributed by atoms with Crippen LogP contribution in [0, 0.1) is 5.92 Å². The lowest BCUT2D eigenvalue weighted by atomic mass is 9.91. The van der Waals surface area contributed by atoms with Crippen LogP contribution in [0.1, 0.15) is 24.0 Å². The quantitative estimate of drug-likeness (QED) is 0.870. The molecule has 2 fully saturated rings. The highest BCUT2D eigenvalue weighted by Gasteiger charge is 2.41. The first-order valence-corrected chi connectivity index (χ1v) is 9.19. The summed E-state index contributed by atoms with van der Waals surface area (Å²) in [4.78, 5) is 18.9. The highest BCUT2D eigenvalue weighted by atomic mass is 16.5. The standard InChI is InChI=1S/C19H25N5O2/c1-23-11-15(10-22-23)12-24-6-4-16-7-17(26-18(16)13-24)19(25)21-9-14-3-2-5-20-8-14/h2-3,5,8,10-11,16-18H,4,6-7,9,12-13H2,1H3,(H,21,25)/t16-,17-,18-/m0/s1. The third-order valence-electron chi connectivity index (χ3n) is 5.28. The van der Waals surface area contributed by atoms with Crippen LogP contribution >= 0.6 is 0 Å². The van der Waals surface area contributed by atoms with Gasteiger partial charge in [0.15, 0.2) is 0 Å². The van der Waals surface area contributed by atoms with Crippen LogP contribution in [0.15, 0.2) is 36.9 Å². The minimum Gasteiger partial charge on any atom is -0.364 e. The number of carbonyl (C=O) groups is 1. The first-order valence-electron chi connectivity index (χ1n) is 9.19. The summed E-state index contributed by atoms with van der Waals surface area (Å²) in [6.45, 7) is 3.31. The van der Waals surface area contributed by atoms with Crippen molar-refractivity contribution in [3.63, 3.8) is 0 Å². The number of aryl methyl sites for hydroxylation is 1. The first kappa shape index (κ1) is 17.2. The van der Waals surface area contributed by atoms with E-state index in [0.717, 1.165) is 38.0 Å². The number of ether oxygens (including phenoxy) is 1. The van der Waals surface area contributed by atoms with E-state index in [1.54, 1.807) is 12.4 Å². The van der Waals surface area contributed by atoms with E-state index in [1.807, 2.05) is 30.1 Å². The molecular weight excluding hydrogens is 330 g/mol. The molecular formula is C19H25N5O2. The number of rotatable bonds is 5. The van der Waals surface area contributed by atoms with Crippen molar-refractivity contribution >= 4 is 5.91 Å². The number of fused-ring (bicyclic) bond motifs is 1. The van der Waals surface area contributed by atoms with Crippen LogP contribution in [0.2, 0.25) is 0 Å². The molecule has 2 aliphatic heterocycles. The number of amides is 1. The Bertz CT molecular complexity index is 747. The number of pyridine rings is 1. The summed E-state index contributed by atoms with van der Waals surface area (Å²) in [5.41, 5.74) is 2.22. The van der Waals surface area contributed by atoms with Crippen molar-refractivity contribution in [3.05, 3.63) is 48.0 Å². The Morgan fingerprint density at radius 3 is 3.08 bits per heavy atom. The Morgan fingerprint density at radius 2 is 2.31 bits per heavy atom. The molecule has 0 saturated carbocycles. The zero-order chi connectivity index (χ0) is 17.9. The Labute approximate surface area is 153 Å². The molecule has 4 rings (SSSR count). The number of nitrogens with zero attached hydrogens (tertiary/aromatic N) is 4. The molecule has 0 aromatic carbocycles. The maximum absolute atomic E-state index is 12.5. The minimum absolute atomic E-state index is 0.0120. The lowest BCUT2D eigenvalue weighted by Gasteiger charge is -2.33. The Kier molecular flexibility index (Phi) is 4.99. The molecule has 138 valence electrons. The number of nitrogens with one attached hydrogen (secondary N) is 1. The highest BCUT2D eigenvalue weighted by molar-refractivity contribution is 5.81. The molecule has 2 saturated heterocycles. The third-order valence-corrected chi connectivity index (χ3v) is 5.28. The van der Waals surface area contributed by atoms with Gasteiger partial charge in [0, 0.05) is 50.8 Å². The average Bonchev–Trinajstić information content (AvgIpc) is 3.26. The number of hydrogen-bond acceptors (Lipinski definition) is 5. The van der Waals surface area contributed by atoms with Gasteiger partial charge in [-0.2, -0.15) is 5.10 Å². The predicted octanol–water partition coefficient (Wildman–Crippen LogP) is 1.11. The Morgan fingerprint density at radius 1 is 1.38 bits per heavy atom. The number of likely N-dealkylation sites (tertiary alicyclic amines) is 1. The van der Waals surface area contributed by atoms with Gasteiger partial charge in [-0.25, -0.2) is 0 Å². The normalized spacial score (nSPS) is 25.8. The molecule has 0 radical (unpaired) electrons. The van der Waals surface area contributed by atoms with E-state index in [2.05, 4.69) is 26.5 Å². The molecule has 4 heterocycles. The molecule has 2 aromatic rings. The number of piperidine rings is 1. The van der Waals surface area contributed by atoms with Crippen LogP contribution in [-0.4, -0.2) is 50.9 Å². The van der Waals surface area contributed by atoms with Gasteiger partial charge in [-0.3, -0.25) is 19.4 Å². The predicted molar refractivity (Wildman–Crippen MR) is 96.0 cm³/mol. The Balaban J connectivity index is 1.28. The van der Waals surface area contributed by atoms with Gasteiger partial charge < -0.3 is 10.1 Å². The molecule has 7 heteroatoms. The van der Waals surface area contributed by atoms with Crippen LogP contribution in [-0.2, 0) is 29.7 Å². The van der Waals surface area contributed by atoms with Gasteiger partial charge in [0.2, 0.25) is 5.91 Å². The summed E-state index contributed by atoms with van der Waals surface area (Å²) >= 11 is 0. The van der Waals surface area contributed by atoms with E-state index in [0.29, 0.717) is 12.5 Å². The molecule has 26 heavy (non-hydrogen) atoms. The van der Waals surface area contributed by atoms with Gasteiger partial charge in [0.25, 0.3) is 0 Å². The lowest BCUT2D eigenvalue weighted by Crippen LogP contribution is -2.42. The summed E-state index contributed by atoms with van der Waals surface area (Å²) in [7, 11) is 1.94. The average molecular weight is 355 g/mol. The van der Waals surface area contributed by atoms with Crippen molar-refractivity contribution in [1.82, 2.24) is 25.0 Å². The number of carbonyl (C=O) groups excluding carboxylic acids is 1. The van der Waals surface area contributed by atoms with Gasteiger partial charge in [-0.05, 0) is 36.9 Å². The van der Waals surface area contributed by atoms with Crippen molar-refractivity contribution in [1.29, 1.82) is 0 Å². The van der Waals surface area contributed by atoms with Crippen LogP contribution in [0.4, 0.5) is 0 Å². The SMILES string of the molecule is Cn1cc(CN2CC[C@H]3C[C@@H](C(=O)NCc4cccnc4)O[C@H]3C2)cn1. The van der Waals surface area contributed by atoms with E-state index >= 15 is 0 Å². The highest BCUT2D eigenvalue weighted by Crippen LogP contribution is 2.33. The van der Waals surface area contributed by atoms with E-state index in [-0.39, 0.29) is 18.1 Å². The largest absolute Gasteiger partial charge is 0.364 e. The second-order valence-electron chi connectivity index (χ2n) is 7.28. The fourth-order valence-electron chi connectivity index (χ4n) is 3.92. The van der Waals surface area contributed by atoms with Crippen molar-refractivity contribution in [2.45, 2.75) is 38.1 Å². The smallest absolute Gasteiger partial charge is 0.249 e. The molecule has 2 aromatic heterocycles. The lowest BCUT2D eigenvalue weighted by molar-refractivity contribution is -0.133. The summed E-state index contributed by atoms with van der Waals surface area (Å²) in [5, 5.41) is 7.21. The maximum atomic E-state index is 12.5. The van der Waals surface area contributed by atoms with Crippen molar-refractivity contribution in [2.24, 2.45) is 13.0 Å². The van der Waals surface area contributed by atoms with Crippen molar-refractivity contribution in [3.8, 4) is 0 Å². The topological polar surface area (TPSA) is 72.3 Å². The second kappa shape index (κ2) is 7.55. The van der Waals surface area contributed by atoms with E-state index in [4.69, 9.17) is 4.74 Å². The van der Waals surface area contributed by atoms with E-state index in [9.17, 15) is 4.79 Å². The summed E-state index contributed by atoms with van der Waals surface area (Å²) in [6, 6.07) is 3.83. The van der Waals surface area contributed by atoms with Crippen LogP contribution in [0.3, 0.4) is 0 Å². The molecule has 1 N–H and O–H groups in total. The minimum atomic E-state index is -0.333. The monoisotopic (exact) mass is 355 g/mol. The molecule has 7 nitrogen and oxygen atoms in total. The van der Waals surface area contributed by atoms with Gasteiger partial charge in [-0.15, -0.1) is 0 Å². The number of hydrogen-bond donors (Lipinski definition) is 1. The summed E-state index contributed by atoms with van der Waals surface area (Å²) in [5.74, 6) is 0.469. The summed E-state index contributed by atoms with van der Waals surface area (Å²) in [6.07, 6.45) is 9.18. The molecule has 0 unspecified atom stereocenters. The summed E-state index contributed by atoms with van der Waals surface area (Å²) < 4.78 is 7.93. The van der Waals surface area contributed by atoms with Gasteiger partial charge in [0.1, 0.15) is 6.10 Å². The third kappa shape index (κ3) is 3.94. The molecule has 0 spiro atoms. The van der Waals surface area contributed by atoms with Gasteiger partial charge in [0.05, 0.1) is 12.3 Å². The fourth-order valence-corrected chi connectivity index (χ4v) is 3.92. The molecule has 0 bridgehead atoms. The van der Waals surface area contributed by atoms with E-state index < -0.39 is 0 Å². The first-order chi connectivity index (χ1) is 12.7. The molecule has 0 aliphatic carbocycles. The Hall–Kier alpha value is -2.25. The zero-order valence-corrected chi connectivity index (χ0v) is 15.0. The molecule has 2 aliphatic rings.